The fourth-order valence-electron chi connectivity index (χ4n) is 5.80. The van der Waals surface area contributed by atoms with Crippen LogP contribution < -0.4 is 10.2 Å². The van der Waals surface area contributed by atoms with Gasteiger partial charge in [-0.2, -0.15) is 0 Å². The number of rotatable bonds is 7. The zero-order chi connectivity index (χ0) is 30.1. The summed E-state index contributed by atoms with van der Waals surface area (Å²) in [4.78, 5) is 44.2. The molecule has 2 unspecified atom stereocenters. The number of anilines is 2. The van der Waals surface area contributed by atoms with Gasteiger partial charge in [-0.25, -0.2) is 4.79 Å². The summed E-state index contributed by atoms with van der Waals surface area (Å²) in [5.74, 6) is -0.781. The van der Waals surface area contributed by atoms with Crippen LogP contribution in [-0.4, -0.2) is 68.5 Å². The fourth-order valence-corrected chi connectivity index (χ4v) is 6.61. The number of ether oxygens (including phenoxy) is 1. The number of fused-ring (bicyclic) bond motifs is 1. The van der Waals surface area contributed by atoms with Crippen molar-refractivity contribution >= 4 is 64.1 Å². The molecule has 2 aliphatic heterocycles. The molecule has 2 heterocycles. The Bertz CT molecular complexity index is 1530. The topological polar surface area (TPSA) is 82.2 Å². The Morgan fingerprint density at radius 1 is 0.976 bits per heavy atom. The van der Waals surface area contributed by atoms with Crippen molar-refractivity contribution in [2.45, 2.75) is 18.9 Å². The van der Waals surface area contributed by atoms with E-state index < -0.39 is 0 Å². The Morgan fingerprint density at radius 3 is 2.33 bits per heavy atom. The van der Waals surface area contributed by atoms with Gasteiger partial charge in [-0.15, -0.1) is 0 Å². The van der Waals surface area contributed by atoms with E-state index in [9.17, 15) is 14.4 Å². The zero-order valence-corrected chi connectivity index (χ0v) is 25.8. The lowest BCUT2D eigenvalue weighted by Crippen LogP contribution is -2.42. The van der Waals surface area contributed by atoms with Crippen LogP contribution in [0, 0.1) is 5.92 Å². The molecule has 3 aromatic carbocycles. The van der Waals surface area contributed by atoms with Gasteiger partial charge in [0, 0.05) is 41.7 Å². The molecule has 2 aliphatic rings. The molecule has 5 rings (SSSR count). The van der Waals surface area contributed by atoms with Gasteiger partial charge in [-0.05, 0) is 55.4 Å². The van der Waals surface area contributed by atoms with Gasteiger partial charge < -0.3 is 19.9 Å². The van der Waals surface area contributed by atoms with Gasteiger partial charge in [0.05, 0.1) is 41.5 Å². The van der Waals surface area contributed by atoms with E-state index in [0.29, 0.717) is 39.5 Å². The summed E-state index contributed by atoms with van der Waals surface area (Å²) in [5.41, 5.74) is 4.29. The van der Waals surface area contributed by atoms with E-state index in [-0.39, 0.29) is 49.3 Å². The zero-order valence-electron chi connectivity index (χ0n) is 23.5. The first-order chi connectivity index (χ1) is 20.1. The van der Waals surface area contributed by atoms with Crippen molar-refractivity contribution in [2.75, 3.05) is 45.7 Å². The molecule has 3 amide bonds. The van der Waals surface area contributed by atoms with E-state index in [0.717, 1.165) is 22.3 Å². The average Bonchev–Trinajstić information content (AvgIpc) is 3.37. The molecule has 0 radical (unpaired) electrons. The van der Waals surface area contributed by atoms with Gasteiger partial charge in [0.15, 0.2) is 0 Å². The number of halogens is 3. The van der Waals surface area contributed by atoms with E-state index in [2.05, 4.69) is 11.4 Å². The lowest BCUT2D eigenvalue weighted by molar-refractivity contribution is -0.142. The van der Waals surface area contributed by atoms with Crippen molar-refractivity contribution in [3.8, 4) is 11.1 Å². The number of likely N-dealkylation sites (N-methyl/N-ethyl adjacent to an activating group) is 1. The molecule has 0 bridgehead atoms. The first-order valence-corrected chi connectivity index (χ1v) is 14.7. The number of hydrogen-bond acceptors (Lipinski definition) is 5. The van der Waals surface area contributed by atoms with Crippen molar-refractivity contribution < 1.29 is 19.1 Å². The van der Waals surface area contributed by atoms with Crippen molar-refractivity contribution in [1.82, 2.24) is 15.1 Å². The molecule has 1 N–H and O–H groups in total. The van der Waals surface area contributed by atoms with Crippen LogP contribution in [0.25, 0.3) is 11.1 Å². The summed E-state index contributed by atoms with van der Waals surface area (Å²) in [6.45, 7) is 1.34. The number of likely N-dealkylation sites (tertiary alicyclic amines) is 1. The highest BCUT2D eigenvalue weighted by Crippen LogP contribution is 2.47. The molecule has 0 saturated carbocycles. The van der Waals surface area contributed by atoms with Gasteiger partial charge >= 0.3 is 12.0 Å². The van der Waals surface area contributed by atoms with Gasteiger partial charge in [-0.3, -0.25) is 14.5 Å². The molecule has 42 heavy (non-hydrogen) atoms. The Kier molecular flexibility index (Phi) is 8.99. The third-order valence-corrected chi connectivity index (χ3v) is 8.70. The third kappa shape index (κ3) is 5.95. The Labute approximate surface area is 260 Å². The minimum absolute atomic E-state index is 0.0227. The molecular formula is C31H31Cl3N4O4. The van der Waals surface area contributed by atoms with Crippen LogP contribution in [0.2, 0.25) is 15.1 Å². The summed E-state index contributed by atoms with van der Waals surface area (Å²) >= 11 is 19.9. The quantitative estimate of drug-likeness (QED) is 0.309. The first kappa shape index (κ1) is 30.2. The number of nitrogens with zero attached hydrogens (tertiary/aromatic N) is 3. The van der Waals surface area contributed by atoms with Gasteiger partial charge in [0.25, 0.3) is 0 Å². The van der Waals surface area contributed by atoms with Crippen LogP contribution in [0.5, 0.6) is 0 Å². The number of urea groups is 1. The maximum absolute atomic E-state index is 13.5. The van der Waals surface area contributed by atoms with Crippen molar-refractivity contribution in [2.24, 2.45) is 5.92 Å². The van der Waals surface area contributed by atoms with Gasteiger partial charge in [0.2, 0.25) is 5.91 Å². The SMILES string of the molecule is COC(=O)CC1CN(C(=O)CN(C)C)CC1c1cc(-c2ccccc2Cl)c2c(c1)N(c1c(Cl)cccc1Cl)C(=O)NC2. The van der Waals surface area contributed by atoms with Crippen LogP contribution >= 0.6 is 34.8 Å². The molecule has 1 fully saturated rings. The number of esters is 1. The second kappa shape index (κ2) is 12.5. The second-order valence-corrected chi connectivity index (χ2v) is 12.0. The minimum Gasteiger partial charge on any atom is -0.469 e. The second-order valence-electron chi connectivity index (χ2n) is 10.8. The van der Waals surface area contributed by atoms with E-state index >= 15 is 0 Å². The highest BCUT2D eigenvalue weighted by Gasteiger charge is 2.39. The standard InChI is InChI=1S/C31H31Cl3N4O4/c1-36(2)17-28(39)37-15-19(13-29(40)42-3)23(16-37)18-11-21(20-7-4-5-8-24(20)32)22-14-35-31(41)38(27(22)12-18)30-25(33)9-6-10-26(30)34/h4-12,19,23H,13-17H2,1-3H3,(H,35,41). The van der Waals surface area contributed by atoms with Crippen LogP contribution in [0.3, 0.4) is 0 Å². The highest BCUT2D eigenvalue weighted by atomic mass is 35.5. The minimum atomic E-state index is -0.375. The lowest BCUT2D eigenvalue weighted by atomic mass is 9.83. The summed E-state index contributed by atoms with van der Waals surface area (Å²) in [6, 6.07) is 16.2. The normalized spacial score (nSPS) is 18.2. The summed E-state index contributed by atoms with van der Waals surface area (Å²) in [6.07, 6.45) is 0.145. The van der Waals surface area contributed by atoms with E-state index in [1.807, 2.05) is 49.3 Å². The predicted molar refractivity (Wildman–Crippen MR) is 166 cm³/mol. The number of carbonyl (C=O) groups is 3. The monoisotopic (exact) mass is 628 g/mol. The van der Waals surface area contributed by atoms with Crippen molar-refractivity contribution in [1.29, 1.82) is 0 Å². The number of para-hydroxylation sites is 1. The van der Waals surface area contributed by atoms with Crippen LogP contribution in [-0.2, 0) is 20.9 Å². The van der Waals surface area contributed by atoms with E-state index in [1.54, 1.807) is 23.1 Å². The predicted octanol–water partition coefficient (Wildman–Crippen LogP) is 6.34. The van der Waals surface area contributed by atoms with Crippen LogP contribution in [0.4, 0.5) is 16.2 Å². The number of carbonyl (C=O) groups excluding carboxylic acids is 3. The Balaban J connectivity index is 1.71. The smallest absolute Gasteiger partial charge is 0.326 e. The third-order valence-electron chi connectivity index (χ3n) is 7.76. The Morgan fingerprint density at radius 2 is 1.67 bits per heavy atom. The van der Waals surface area contributed by atoms with Gasteiger partial charge in [0.1, 0.15) is 0 Å². The molecular weight excluding hydrogens is 599 g/mol. The molecule has 3 aromatic rings. The maximum atomic E-state index is 13.5. The molecule has 0 aliphatic carbocycles. The molecule has 8 nitrogen and oxygen atoms in total. The highest BCUT2D eigenvalue weighted by molar-refractivity contribution is 6.40. The van der Waals surface area contributed by atoms with Crippen LogP contribution in [0.15, 0.2) is 54.6 Å². The van der Waals surface area contributed by atoms with Crippen LogP contribution in [0.1, 0.15) is 23.5 Å². The average molecular weight is 630 g/mol. The summed E-state index contributed by atoms with van der Waals surface area (Å²) in [5, 5.41) is 4.14. The molecule has 0 spiro atoms. The molecule has 220 valence electrons. The maximum Gasteiger partial charge on any atom is 0.326 e. The number of amides is 3. The molecule has 1 saturated heterocycles. The molecule has 0 aromatic heterocycles. The summed E-state index contributed by atoms with van der Waals surface area (Å²) < 4.78 is 5.01. The van der Waals surface area contributed by atoms with Gasteiger partial charge in [-0.1, -0.05) is 65.1 Å². The number of methoxy groups -OCH3 is 1. The fraction of sp³-hybridized carbons (Fsp3) is 0.323. The van der Waals surface area contributed by atoms with Crippen molar-refractivity contribution in [3.05, 3.63) is 80.8 Å². The van der Waals surface area contributed by atoms with Crippen molar-refractivity contribution in [3.63, 3.8) is 0 Å². The number of hydrogen-bond donors (Lipinski definition) is 1. The summed E-state index contributed by atoms with van der Waals surface area (Å²) in [7, 11) is 5.05. The number of benzene rings is 3. The Hall–Kier alpha value is -3.30. The molecule has 2 atom stereocenters. The van der Waals surface area contributed by atoms with E-state index in [4.69, 9.17) is 39.5 Å². The lowest BCUT2D eigenvalue weighted by Gasteiger charge is -2.34. The number of nitrogens with one attached hydrogen (secondary N) is 1. The molecule has 11 heteroatoms. The van der Waals surface area contributed by atoms with E-state index in [1.165, 1.54) is 12.0 Å². The largest absolute Gasteiger partial charge is 0.469 e. The first-order valence-electron chi connectivity index (χ1n) is 13.5.